The Hall–Kier alpha value is -0.920. The quantitative estimate of drug-likeness (QED) is 0.570. The molecule has 5 atom stereocenters. The zero-order chi connectivity index (χ0) is 15.5. The summed E-state index contributed by atoms with van der Waals surface area (Å²) in [6.45, 7) is 3.42. The van der Waals surface area contributed by atoms with Gasteiger partial charge in [-0.3, -0.25) is 0 Å². The van der Waals surface area contributed by atoms with Gasteiger partial charge in [-0.25, -0.2) is 13.2 Å². The molecule has 122 valence electrons. The Morgan fingerprint density at radius 1 is 1.27 bits per heavy atom. The van der Waals surface area contributed by atoms with Gasteiger partial charge in [-0.15, -0.1) is 0 Å². The lowest BCUT2D eigenvalue weighted by atomic mass is 9.89. The Kier molecular flexibility index (Phi) is 3.36. The number of carbonyl (C=O) groups excluding carboxylic acids is 1. The normalized spacial score (nSPS) is 43.4. The van der Waals surface area contributed by atoms with Crippen molar-refractivity contribution in [1.82, 2.24) is 4.31 Å². The molecule has 0 radical (unpaired) electrons. The maximum Gasteiger partial charge on any atom is 0.330 e. The summed E-state index contributed by atoms with van der Waals surface area (Å²) in [5.41, 5.74) is 0. The predicted octanol–water partition coefficient (Wildman–Crippen LogP) is 0.971. The van der Waals surface area contributed by atoms with Gasteiger partial charge >= 0.3 is 5.97 Å². The minimum absolute atomic E-state index is 0.0293. The fourth-order valence-electron chi connectivity index (χ4n) is 4.65. The maximum atomic E-state index is 12.9. The van der Waals surface area contributed by atoms with E-state index in [1.807, 2.05) is 0 Å². The van der Waals surface area contributed by atoms with Crippen LogP contribution in [0, 0.1) is 0 Å². The van der Waals surface area contributed by atoms with E-state index in [0.29, 0.717) is 6.42 Å². The number of ether oxygens (including phenoxy) is 2. The fourth-order valence-corrected chi connectivity index (χ4v) is 7.16. The van der Waals surface area contributed by atoms with E-state index < -0.39 is 27.3 Å². The van der Waals surface area contributed by atoms with Gasteiger partial charge in [0, 0.05) is 12.1 Å². The number of carbonyl (C=O) groups is 1. The lowest BCUT2D eigenvalue weighted by Gasteiger charge is -2.35. The van der Waals surface area contributed by atoms with Crippen LogP contribution >= 0.6 is 0 Å². The molecule has 4 aliphatic rings. The van der Waals surface area contributed by atoms with Crippen molar-refractivity contribution in [1.29, 1.82) is 0 Å². The van der Waals surface area contributed by atoms with Crippen LogP contribution in [0.1, 0.15) is 38.5 Å². The average Bonchev–Trinajstić information content (AvgIpc) is 3.12. The maximum absolute atomic E-state index is 12.9. The van der Waals surface area contributed by atoms with Gasteiger partial charge in [-0.1, -0.05) is 25.8 Å². The van der Waals surface area contributed by atoms with E-state index in [1.54, 1.807) is 4.31 Å². The number of fused-ring (bicyclic) bond motifs is 1. The van der Waals surface area contributed by atoms with Crippen LogP contribution < -0.4 is 0 Å². The summed E-state index contributed by atoms with van der Waals surface area (Å²) in [5.74, 6) is -0.509. The van der Waals surface area contributed by atoms with Crippen LogP contribution in [0.15, 0.2) is 12.7 Å². The highest BCUT2D eigenvalue weighted by molar-refractivity contribution is 7.90. The predicted molar refractivity (Wildman–Crippen MR) is 78.6 cm³/mol. The first-order chi connectivity index (χ1) is 10.5. The minimum atomic E-state index is -3.36. The summed E-state index contributed by atoms with van der Waals surface area (Å²) < 4.78 is 38.7. The van der Waals surface area contributed by atoms with Crippen LogP contribution in [-0.2, 0) is 24.3 Å². The van der Waals surface area contributed by atoms with Gasteiger partial charge in [0.15, 0.2) is 0 Å². The Labute approximate surface area is 130 Å². The fraction of sp³-hybridized carbons (Fsp3) is 0.800. The minimum Gasteiger partial charge on any atom is -0.455 e. The lowest BCUT2D eigenvalue weighted by molar-refractivity contribution is -0.147. The second-order valence-electron chi connectivity index (χ2n) is 6.68. The van der Waals surface area contributed by atoms with E-state index in [4.69, 9.17) is 9.47 Å². The molecule has 22 heavy (non-hydrogen) atoms. The third kappa shape index (κ3) is 1.91. The number of sulfonamides is 1. The molecular formula is C15H21NO5S. The molecule has 6 nitrogen and oxygen atoms in total. The van der Waals surface area contributed by atoms with Crippen molar-refractivity contribution in [3.05, 3.63) is 12.7 Å². The molecule has 1 saturated carbocycles. The molecule has 1 aliphatic carbocycles. The average molecular weight is 327 g/mol. The molecule has 4 fully saturated rings. The molecule has 0 aromatic rings. The second kappa shape index (κ2) is 5.04. The third-order valence-corrected chi connectivity index (χ3v) is 7.88. The van der Waals surface area contributed by atoms with Crippen LogP contribution in [0.2, 0.25) is 0 Å². The SMILES string of the molecule is C=CC(=O)OC1C2CC3C(O2)C1N(C1CCCCC1)S3(=O)=O. The topological polar surface area (TPSA) is 72.9 Å². The lowest BCUT2D eigenvalue weighted by Crippen LogP contribution is -2.50. The molecule has 0 aromatic carbocycles. The van der Waals surface area contributed by atoms with Crippen molar-refractivity contribution in [2.24, 2.45) is 0 Å². The summed E-state index contributed by atoms with van der Waals surface area (Å²) in [6.07, 6.45) is 5.47. The molecule has 0 amide bonds. The van der Waals surface area contributed by atoms with Gasteiger partial charge in [-0.2, -0.15) is 4.31 Å². The number of hydrogen-bond acceptors (Lipinski definition) is 5. The largest absolute Gasteiger partial charge is 0.455 e. The van der Waals surface area contributed by atoms with Gasteiger partial charge in [0.05, 0.1) is 18.2 Å². The van der Waals surface area contributed by atoms with E-state index in [0.717, 1.165) is 38.2 Å². The highest BCUT2D eigenvalue weighted by Gasteiger charge is 2.70. The standard InChI is InChI=1S/C15H21NO5S/c1-2-12(17)21-14-10-8-11-15(20-10)13(14)16(22(11,18)19)9-6-4-3-5-7-9/h2,9-11,13-15H,1,3-8H2. The van der Waals surface area contributed by atoms with Crippen molar-refractivity contribution in [2.45, 2.75) is 74.2 Å². The molecule has 0 aromatic heterocycles. The van der Waals surface area contributed by atoms with Crippen LogP contribution in [0.4, 0.5) is 0 Å². The van der Waals surface area contributed by atoms with E-state index in [1.165, 1.54) is 0 Å². The third-order valence-electron chi connectivity index (χ3n) is 5.53. The first kappa shape index (κ1) is 14.7. The summed E-state index contributed by atoms with van der Waals surface area (Å²) in [5, 5.41) is -0.455. The summed E-state index contributed by atoms with van der Waals surface area (Å²) in [7, 11) is -3.36. The summed E-state index contributed by atoms with van der Waals surface area (Å²) >= 11 is 0. The van der Waals surface area contributed by atoms with Crippen molar-refractivity contribution in [3.63, 3.8) is 0 Å². The highest BCUT2D eigenvalue weighted by Crippen LogP contribution is 2.51. The van der Waals surface area contributed by atoms with Crippen LogP contribution in [-0.4, -0.2) is 54.3 Å². The monoisotopic (exact) mass is 327 g/mol. The summed E-state index contributed by atoms with van der Waals surface area (Å²) in [6, 6.07) is -0.317. The van der Waals surface area contributed by atoms with E-state index in [-0.39, 0.29) is 24.3 Å². The van der Waals surface area contributed by atoms with Crippen molar-refractivity contribution in [2.75, 3.05) is 0 Å². The number of nitrogens with zero attached hydrogens (tertiary/aromatic N) is 1. The van der Waals surface area contributed by atoms with E-state index in [9.17, 15) is 13.2 Å². The zero-order valence-corrected chi connectivity index (χ0v) is 13.2. The number of esters is 1. The molecule has 5 unspecified atom stereocenters. The smallest absolute Gasteiger partial charge is 0.330 e. The first-order valence-corrected chi connectivity index (χ1v) is 9.55. The van der Waals surface area contributed by atoms with Gasteiger partial charge < -0.3 is 9.47 Å². The molecular weight excluding hydrogens is 306 g/mol. The van der Waals surface area contributed by atoms with Crippen molar-refractivity contribution >= 4 is 16.0 Å². The van der Waals surface area contributed by atoms with Gasteiger partial charge in [0.25, 0.3) is 0 Å². The van der Waals surface area contributed by atoms with Crippen molar-refractivity contribution < 1.29 is 22.7 Å². The van der Waals surface area contributed by atoms with Crippen molar-refractivity contribution in [3.8, 4) is 0 Å². The highest BCUT2D eigenvalue weighted by atomic mass is 32.2. The Bertz CT molecular complexity index is 597. The van der Waals surface area contributed by atoms with Crippen LogP contribution in [0.3, 0.4) is 0 Å². The number of rotatable bonds is 3. The van der Waals surface area contributed by atoms with Crippen LogP contribution in [0.25, 0.3) is 0 Å². The van der Waals surface area contributed by atoms with Crippen LogP contribution in [0.5, 0.6) is 0 Å². The number of hydrogen-bond donors (Lipinski definition) is 0. The molecule has 0 N–H and O–H groups in total. The molecule has 2 bridgehead atoms. The molecule has 3 aliphatic heterocycles. The molecule has 0 spiro atoms. The zero-order valence-electron chi connectivity index (χ0n) is 12.4. The Morgan fingerprint density at radius 3 is 2.68 bits per heavy atom. The first-order valence-electron chi connectivity index (χ1n) is 8.05. The van der Waals surface area contributed by atoms with Gasteiger partial charge in [0.2, 0.25) is 10.0 Å². The van der Waals surface area contributed by atoms with Gasteiger partial charge in [-0.05, 0) is 19.3 Å². The molecule has 3 saturated heterocycles. The Morgan fingerprint density at radius 2 is 2.00 bits per heavy atom. The molecule has 7 heteroatoms. The summed E-state index contributed by atoms with van der Waals surface area (Å²) in [4.78, 5) is 11.6. The van der Waals surface area contributed by atoms with E-state index >= 15 is 0 Å². The Balaban J connectivity index is 1.67. The van der Waals surface area contributed by atoms with E-state index in [2.05, 4.69) is 6.58 Å². The molecule has 4 rings (SSSR count). The second-order valence-corrected chi connectivity index (χ2v) is 8.73. The molecule has 3 heterocycles. The van der Waals surface area contributed by atoms with Gasteiger partial charge in [0.1, 0.15) is 11.4 Å².